The summed E-state index contributed by atoms with van der Waals surface area (Å²) in [5.41, 5.74) is 2.92. The van der Waals surface area contributed by atoms with E-state index in [0.717, 1.165) is 16.7 Å². The van der Waals surface area contributed by atoms with Gasteiger partial charge in [0, 0.05) is 6.20 Å². The molecule has 1 heterocycles. The van der Waals surface area contributed by atoms with Crippen molar-refractivity contribution in [3.63, 3.8) is 0 Å². The maximum atomic E-state index is 12.1. The maximum absolute atomic E-state index is 12.1. The number of carbonyl (C=O) groups excluding carboxylic acids is 1. The smallest absolute Gasteiger partial charge is 0.229 e. The van der Waals surface area contributed by atoms with Gasteiger partial charge in [-0.3, -0.25) is 4.79 Å². The predicted octanol–water partition coefficient (Wildman–Crippen LogP) is 2.90. The standard InChI is InChI=1S/C17H20N2O3/c1-11-5-6-16(18-10-11)19-17(20)9-13-8-15(22-4)14(21-3)7-12(13)2/h5-8,10H,9H2,1-4H3,(H,18,19,20). The molecule has 0 radical (unpaired) electrons. The summed E-state index contributed by atoms with van der Waals surface area (Å²) >= 11 is 0. The van der Waals surface area contributed by atoms with E-state index in [4.69, 9.17) is 9.47 Å². The number of hydrogen-bond donors (Lipinski definition) is 1. The third kappa shape index (κ3) is 3.75. The van der Waals surface area contributed by atoms with Crippen LogP contribution in [0.25, 0.3) is 0 Å². The Morgan fingerprint density at radius 3 is 2.41 bits per heavy atom. The first-order valence-electron chi connectivity index (χ1n) is 6.97. The zero-order valence-electron chi connectivity index (χ0n) is 13.3. The molecule has 5 heteroatoms. The Morgan fingerprint density at radius 1 is 1.14 bits per heavy atom. The molecule has 1 aromatic carbocycles. The van der Waals surface area contributed by atoms with Gasteiger partial charge in [0.25, 0.3) is 0 Å². The van der Waals surface area contributed by atoms with Crippen LogP contribution in [0.1, 0.15) is 16.7 Å². The van der Waals surface area contributed by atoms with Gasteiger partial charge in [0.15, 0.2) is 11.5 Å². The number of aryl methyl sites for hydroxylation is 2. The molecule has 0 unspecified atom stereocenters. The highest BCUT2D eigenvalue weighted by Gasteiger charge is 2.12. The lowest BCUT2D eigenvalue weighted by Crippen LogP contribution is -2.16. The lowest BCUT2D eigenvalue weighted by molar-refractivity contribution is -0.115. The number of amides is 1. The molecular weight excluding hydrogens is 280 g/mol. The summed E-state index contributed by atoms with van der Waals surface area (Å²) in [6.45, 7) is 3.89. The van der Waals surface area contributed by atoms with Crippen molar-refractivity contribution in [3.8, 4) is 11.5 Å². The molecule has 0 saturated carbocycles. The molecule has 1 N–H and O–H groups in total. The Labute approximate surface area is 130 Å². The van der Waals surface area contributed by atoms with Gasteiger partial charge in [0.1, 0.15) is 5.82 Å². The topological polar surface area (TPSA) is 60.5 Å². The van der Waals surface area contributed by atoms with E-state index in [9.17, 15) is 4.79 Å². The number of pyridine rings is 1. The van der Waals surface area contributed by atoms with E-state index in [1.807, 2.05) is 32.0 Å². The first-order chi connectivity index (χ1) is 10.5. The summed E-state index contributed by atoms with van der Waals surface area (Å²) in [5, 5.41) is 2.79. The van der Waals surface area contributed by atoms with Crippen molar-refractivity contribution in [1.29, 1.82) is 0 Å². The highest BCUT2D eigenvalue weighted by atomic mass is 16.5. The Balaban J connectivity index is 2.12. The summed E-state index contributed by atoms with van der Waals surface area (Å²) < 4.78 is 10.5. The van der Waals surface area contributed by atoms with Crippen LogP contribution in [-0.4, -0.2) is 25.1 Å². The maximum Gasteiger partial charge on any atom is 0.229 e. The zero-order valence-corrected chi connectivity index (χ0v) is 13.3. The van der Waals surface area contributed by atoms with Gasteiger partial charge in [0.2, 0.25) is 5.91 Å². The number of ether oxygens (including phenoxy) is 2. The molecule has 0 atom stereocenters. The number of nitrogens with zero attached hydrogens (tertiary/aromatic N) is 1. The van der Waals surface area contributed by atoms with Crippen LogP contribution in [0.4, 0.5) is 5.82 Å². The summed E-state index contributed by atoms with van der Waals surface area (Å²) in [4.78, 5) is 16.3. The number of methoxy groups -OCH3 is 2. The molecule has 0 fully saturated rings. The average Bonchev–Trinajstić information content (AvgIpc) is 2.51. The number of aromatic nitrogens is 1. The van der Waals surface area contributed by atoms with Crippen LogP contribution in [0.3, 0.4) is 0 Å². The van der Waals surface area contributed by atoms with Crippen LogP contribution in [-0.2, 0) is 11.2 Å². The van der Waals surface area contributed by atoms with E-state index in [-0.39, 0.29) is 12.3 Å². The van der Waals surface area contributed by atoms with E-state index in [1.165, 1.54) is 0 Å². The molecule has 0 aliphatic heterocycles. The summed E-state index contributed by atoms with van der Waals surface area (Å²) in [5.74, 6) is 1.70. The number of hydrogen-bond acceptors (Lipinski definition) is 4. The molecular formula is C17H20N2O3. The van der Waals surface area contributed by atoms with Gasteiger partial charge in [-0.15, -0.1) is 0 Å². The van der Waals surface area contributed by atoms with Crippen LogP contribution in [0, 0.1) is 13.8 Å². The predicted molar refractivity (Wildman–Crippen MR) is 85.6 cm³/mol. The lowest BCUT2D eigenvalue weighted by atomic mass is 10.0. The minimum atomic E-state index is -0.119. The Hall–Kier alpha value is -2.56. The van der Waals surface area contributed by atoms with E-state index in [2.05, 4.69) is 10.3 Å². The second kappa shape index (κ2) is 6.93. The van der Waals surface area contributed by atoms with Crippen molar-refractivity contribution < 1.29 is 14.3 Å². The fourth-order valence-corrected chi connectivity index (χ4v) is 2.11. The molecule has 2 aromatic rings. The van der Waals surface area contributed by atoms with E-state index < -0.39 is 0 Å². The molecule has 1 amide bonds. The largest absolute Gasteiger partial charge is 0.493 e. The fourth-order valence-electron chi connectivity index (χ4n) is 2.11. The van der Waals surface area contributed by atoms with E-state index >= 15 is 0 Å². The Morgan fingerprint density at radius 2 is 1.82 bits per heavy atom. The number of rotatable bonds is 5. The highest BCUT2D eigenvalue weighted by Crippen LogP contribution is 2.30. The molecule has 0 bridgehead atoms. The van der Waals surface area contributed by atoms with Crippen LogP contribution in [0.5, 0.6) is 11.5 Å². The minimum absolute atomic E-state index is 0.119. The van der Waals surface area contributed by atoms with Crippen LogP contribution >= 0.6 is 0 Å². The number of nitrogens with one attached hydrogen (secondary N) is 1. The second-order valence-electron chi connectivity index (χ2n) is 5.08. The number of anilines is 1. The molecule has 1 aromatic heterocycles. The summed E-state index contributed by atoms with van der Waals surface area (Å²) in [7, 11) is 3.17. The van der Waals surface area contributed by atoms with Gasteiger partial charge in [0.05, 0.1) is 20.6 Å². The van der Waals surface area contributed by atoms with Crippen molar-refractivity contribution in [2.45, 2.75) is 20.3 Å². The van der Waals surface area contributed by atoms with Gasteiger partial charge in [-0.05, 0) is 48.7 Å². The molecule has 116 valence electrons. The molecule has 0 aliphatic carbocycles. The van der Waals surface area contributed by atoms with Crippen molar-refractivity contribution >= 4 is 11.7 Å². The minimum Gasteiger partial charge on any atom is -0.493 e. The third-order valence-electron chi connectivity index (χ3n) is 3.37. The monoisotopic (exact) mass is 300 g/mol. The molecule has 5 nitrogen and oxygen atoms in total. The molecule has 22 heavy (non-hydrogen) atoms. The van der Waals surface area contributed by atoms with Gasteiger partial charge >= 0.3 is 0 Å². The summed E-state index contributed by atoms with van der Waals surface area (Å²) in [6, 6.07) is 7.39. The second-order valence-corrected chi connectivity index (χ2v) is 5.08. The first kappa shape index (κ1) is 15.8. The van der Waals surface area contributed by atoms with E-state index in [0.29, 0.717) is 17.3 Å². The quantitative estimate of drug-likeness (QED) is 0.922. The van der Waals surface area contributed by atoms with Gasteiger partial charge in [-0.25, -0.2) is 4.98 Å². The molecule has 0 spiro atoms. The lowest BCUT2D eigenvalue weighted by Gasteiger charge is -2.12. The Bertz CT molecular complexity index is 666. The number of benzene rings is 1. The van der Waals surface area contributed by atoms with Crippen molar-refractivity contribution in [3.05, 3.63) is 47.2 Å². The van der Waals surface area contributed by atoms with Crippen molar-refractivity contribution in [2.75, 3.05) is 19.5 Å². The van der Waals surface area contributed by atoms with Gasteiger partial charge < -0.3 is 14.8 Å². The fraction of sp³-hybridized carbons (Fsp3) is 0.294. The van der Waals surface area contributed by atoms with E-state index in [1.54, 1.807) is 26.5 Å². The zero-order chi connectivity index (χ0) is 16.1. The summed E-state index contributed by atoms with van der Waals surface area (Å²) in [6.07, 6.45) is 1.97. The SMILES string of the molecule is COc1cc(C)c(CC(=O)Nc2ccc(C)cn2)cc1OC. The third-order valence-corrected chi connectivity index (χ3v) is 3.37. The molecule has 0 aliphatic rings. The van der Waals surface area contributed by atoms with Crippen LogP contribution in [0.15, 0.2) is 30.5 Å². The Kier molecular flexibility index (Phi) is 4.99. The normalized spacial score (nSPS) is 10.2. The first-order valence-corrected chi connectivity index (χ1v) is 6.97. The van der Waals surface area contributed by atoms with Crippen molar-refractivity contribution in [1.82, 2.24) is 4.98 Å². The highest BCUT2D eigenvalue weighted by molar-refractivity contribution is 5.91. The number of carbonyl (C=O) groups is 1. The van der Waals surface area contributed by atoms with Crippen molar-refractivity contribution in [2.24, 2.45) is 0 Å². The molecule has 2 rings (SSSR count). The van der Waals surface area contributed by atoms with Crippen LogP contribution < -0.4 is 14.8 Å². The van der Waals surface area contributed by atoms with Gasteiger partial charge in [-0.2, -0.15) is 0 Å². The van der Waals surface area contributed by atoms with Crippen LogP contribution in [0.2, 0.25) is 0 Å². The van der Waals surface area contributed by atoms with Gasteiger partial charge in [-0.1, -0.05) is 6.07 Å². The molecule has 0 saturated heterocycles. The average molecular weight is 300 g/mol.